The molecule has 0 radical (unpaired) electrons. The normalized spacial score (nSPS) is 11.2. The van der Waals surface area contributed by atoms with Crippen molar-refractivity contribution in [2.24, 2.45) is 0 Å². The second-order valence-corrected chi connectivity index (χ2v) is 2.76. The van der Waals surface area contributed by atoms with Gasteiger partial charge in [0.25, 0.3) is 0 Å². The van der Waals surface area contributed by atoms with Crippen molar-refractivity contribution < 1.29 is 0 Å². The molecular weight excluding hydrogens is 215 g/mol. The van der Waals surface area contributed by atoms with Gasteiger partial charge in [0.15, 0.2) is 0 Å². The fourth-order valence-electron chi connectivity index (χ4n) is 0.248. The minimum atomic E-state index is 1.20. The maximum absolute atomic E-state index is 2.94. The Balaban J connectivity index is 3.61. The molecule has 48 valence electrons. The molecule has 0 aromatic carbocycles. The predicted octanol–water partition coefficient (Wildman–Crippen LogP) is 1.00. The van der Waals surface area contributed by atoms with E-state index in [9.17, 15) is 0 Å². The van der Waals surface area contributed by atoms with Gasteiger partial charge in [-0.15, -0.1) is 0 Å². The Morgan fingerprint density at radius 2 is 2.12 bits per heavy atom. The highest BCUT2D eigenvalue weighted by atomic mass is 127. The van der Waals surface area contributed by atoms with Crippen molar-refractivity contribution in [1.82, 2.24) is 10.2 Å². The summed E-state index contributed by atoms with van der Waals surface area (Å²) in [6, 6.07) is 0. The molecule has 2 nitrogen and oxygen atoms in total. The van der Waals surface area contributed by atoms with E-state index in [0.717, 1.165) is 0 Å². The first-order valence-electron chi connectivity index (χ1n) is 2.38. The first kappa shape index (κ1) is 8.07. The molecule has 0 amide bonds. The van der Waals surface area contributed by atoms with Crippen LogP contribution in [0.25, 0.3) is 0 Å². The minimum absolute atomic E-state index is 1.20. The second-order valence-electron chi connectivity index (χ2n) is 1.65. The van der Waals surface area contributed by atoms with E-state index in [1.165, 1.54) is 3.70 Å². The molecule has 1 N–H and O–H groups in total. The average Bonchev–Trinajstić information content (AvgIpc) is 1.67. The van der Waals surface area contributed by atoms with Gasteiger partial charge in [0.05, 0.1) is 3.70 Å². The lowest BCUT2D eigenvalue weighted by molar-refractivity contribution is 0.553. The van der Waals surface area contributed by atoms with E-state index in [4.69, 9.17) is 0 Å². The summed E-state index contributed by atoms with van der Waals surface area (Å²) in [6.07, 6.45) is 1.94. The third kappa shape index (κ3) is 3.12. The largest absolute Gasteiger partial charge is 0.392 e. The molecule has 0 aromatic rings. The van der Waals surface area contributed by atoms with Gasteiger partial charge in [-0.2, -0.15) is 0 Å². The van der Waals surface area contributed by atoms with Gasteiger partial charge in [0.1, 0.15) is 0 Å². The van der Waals surface area contributed by atoms with Crippen molar-refractivity contribution >= 4 is 22.6 Å². The van der Waals surface area contributed by atoms with Gasteiger partial charge < -0.3 is 10.2 Å². The molecule has 0 saturated heterocycles. The first-order chi connectivity index (χ1) is 3.68. The van der Waals surface area contributed by atoms with E-state index in [-0.39, 0.29) is 0 Å². The van der Waals surface area contributed by atoms with Crippen LogP contribution in [0.3, 0.4) is 0 Å². The number of hydrogen-bond acceptors (Lipinski definition) is 2. The number of nitrogens with zero attached hydrogens (tertiary/aromatic N) is 1. The van der Waals surface area contributed by atoms with Crippen molar-refractivity contribution in [1.29, 1.82) is 0 Å². The Labute approximate surface area is 64.1 Å². The van der Waals surface area contributed by atoms with Crippen molar-refractivity contribution in [2.75, 3.05) is 21.1 Å². The van der Waals surface area contributed by atoms with Crippen LogP contribution in [0.2, 0.25) is 0 Å². The molecule has 0 heterocycles. The third-order valence-electron chi connectivity index (χ3n) is 0.691. The Bertz CT molecular complexity index is 88.4. The summed E-state index contributed by atoms with van der Waals surface area (Å²) in [7, 11) is 5.91. The second kappa shape index (κ2) is 4.00. The van der Waals surface area contributed by atoms with Crippen LogP contribution in [-0.4, -0.2) is 26.0 Å². The van der Waals surface area contributed by atoms with Gasteiger partial charge in [-0.05, 0) is 22.6 Å². The molecule has 0 aliphatic rings. The Morgan fingerprint density at radius 1 is 1.62 bits per heavy atom. The summed E-state index contributed by atoms with van der Waals surface area (Å²) in [5, 5.41) is 2.94. The van der Waals surface area contributed by atoms with Gasteiger partial charge in [-0.3, -0.25) is 0 Å². The Kier molecular flexibility index (Phi) is 4.03. The lowest BCUT2D eigenvalue weighted by atomic mass is 10.8. The number of halogens is 1. The van der Waals surface area contributed by atoms with Crippen LogP contribution in [-0.2, 0) is 0 Å². The maximum Gasteiger partial charge on any atom is 0.0911 e. The zero-order valence-corrected chi connectivity index (χ0v) is 7.56. The standard InChI is InChI=1S/C5H11IN2/c1-7-4-5(6)8(2)3/h4,7H,1-3H3/b5-4+. The van der Waals surface area contributed by atoms with E-state index in [2.05, 4.69) is 27.9 Å². The maximum atomic E-state index is 2.94. The highest BCUT2D eigenvalue weighted by Crippen LogP contribution is 2.05. The van der Waals surface area contributed by atoms with Crippen molar-refractivity contribution in [3.8, 4) is 0 Å². The zero-order valence-electron chi connectivity index (χ0n) is 5.40. The Morgan fingerprint density at radius 3 is 2.25 bits per heavy atom. The van der Waals surface area contributed by atoms with Crippen LogP contribution in [0.5, 0.6) is 0 Å². The van der Waals surface area contributed by atoms with Crippen molar-refractivity contribution in [3.63, 3.8) is 0 Å². The number of hydrogen-bond donors (Lipinski definition) is 1. The molecule has 0 spiro atoms. The molecule has 0 unspecified atom stereocenters. The van der Waals surface area contributed by atoms with Crippen LogP contribution in [0.15, 0.2) is 9.90 Å². The summed E-state index contributed by atoms with van der Waals surface area (Å²) in [4.78, 5) is 2.04. The highest BCUT2D eigenvalue weighted by Gasteiger charge is 1.87. The van der Waals surface area contributed by atoms with Gasteiger partial charge in [0, 0.05) is 27.3 Å². The fraction of sp³-hybridized carbons (Fsp3) is 0.600. The van der Waals surface area contributed by atoms with Crippen LogP contribution in [0, 0.1) is 0 Å². The smallest absolute Gasteiger partial charge is 0.0911 e. The van der Waals surface area contributed by atoms with Gasteiger partial charge >= 0.3 is 0 Å². The van der Waals surface area contributed by atoms with E-state index in [0.29, 0.717) is 0 Å². The van der Waals surface area contributed by atoms with Crippen LogP contribution < -0.4 is 5.32 Å². The van der Waals surface area contributed by atoms with Crippen LogP contribution >= 0.6 is 22.6 Å². The van der Waals surface area contributed by atoms with E-state index >= 15 is 0 Å². The van der Waals surface area contributed by atoms with Crippen molar-refractivity contribution in [2.45, 2.75) is 0 Å². The van der Waals surface area contributed by atoms with Crippen molar-refractivity contribution in [3.05, 3.63) is 9.90 Å². The molecule has 0 aliphatic heterocycles. The SMILES string of the molecule is CN/C=C(\I)N(C)C. The van der Waals surface area contributed by atoms with Gasteiger partial charge in [-0.1, -0.05) is 0 Å². The van der Waals surface area contributed by atoms with E-state index < -0.39 is 0 Å². The summed E-state index contributed by atoms with van der Waals surface area (Å²) >= 11 is 2.26. The molecule has 3 heteroatoms. The van der Waals surface area contributed by atoms with Crippen LogP contribution in [0.1, 0.15) is 0 Å². The fourth-order valence-corrected chi connectivity index (χ4v) is 0.560. The topological polar surface area (TPSA) is 15.3 Å². The molecule has 0 bridgehead atoms. The third-order valence-corrected chi connectivity index (χ3v) is 1.97. The summed E-state index contributed by atoms with van der Waals surface area (Å²) in [6.45, 7) is 0. The average molecular weight is 226 g/mol. The predicted molar refractivity (Wildman–Crippen MR) is 44.8 cm³/mol. The molecule has 0 atom stereocenters. The highest BCUT2D eigenvalue weighted by molar-refractivity contribution is 14.1. The summed E-state index contributed by atoms with van der Waals surface area (Å²) in [5.41, 5.74) is 0. The quantitative estimate of drug-likeness (QED) is 0.558. The molecular formula is C5H11IN2. The van der Waals surface area contributed by atoms with Crippen LogP contribution in [0.4, 0.5) is 0 Å². The van der Waals surface area contributed by atoms with E-state index in [1.807, 2.05) is 32.2 Å². The number of rotatable bonds is 2. The van der Waals surface area contributed by atoms with Gasteiger partial charge in [0.2, 0.25) is 0 Å². The molecule has 0 saturated carbocycles. The molecule has 0 aliphatic carbocycles. The van der Waals surface area contributed by atoms with E-state index in [1.54, 1.807) is 0 Å². The monoisotopic (exact) mass is 226 g/mol. The summed E-state index contributed by atoms with van der Waals surface area (Å²) < 4.78 is 1.20. The Hall–Kier alpha value is 0.0700. The zero-order chi connectivity index (χ0) is 6.57. The lowest BCUT2D eigenvalue weighted by Gasteiger charge is -2.09. The summed E-state index contributed by atoms with van der Waals surface area (Å²) in [5.74, 6) is 0. The number of nitrogens with one attached hydrogen (secondary N) is 1. The lowest BCUT2D eigenvalue weighted by Crippen LogP contribution is -2.08. The molecule has 0 fully saturated rings. The van der Waals surface area contributed by atoms with Gasteiger partial charge in [-0.25, -0.2) is 0 Å². The molecule has 0 aromatic heterocycles. The minimum Gasteiger partial charge on any atom is -0.392 e. The molecule has 8 heavy (non-hydrogen) atoms. The first-order valence-corrected chi connectivity index (χ1v) is 3.46. The molecule has 0 rings (SSSR count).